The van der Waals surface area contributed by atoms with E-state index in [2.05, 4.69) is 42.5 Å². The first-order valence-electron chi connectivity index (χ1n) is 15.6. The molecule has 0 unspecified atom stereocenters. The van der Waals surface area contributed by atoms with Gasteiger partial charge in [-0.3, -0.25) is 10.1 Å². The fourth-order valence-electron chi connectivity index (χ4n) is 5.81. The lowest BCUT2D eigenvalue weighted by Crippen LogP contribution is -2.39. The average molecular weight is 601 g/mol. The maximum absolute atomic E-state index is 13.3. The maximum Gasteiger partial charge on any atom is 0.324 e. The molecule has 1 aliphatic rings. The SMILES string of the molecule is Cc1ccc(-n2nc(C(C)(C)C)cc2NC(=O)Nc2ccccc2CC2CCN(C(=O)c3ccc4ccccc4n3)CC2)cc1. The number of nitrogens with zero attached hydrogens (tertiary/aromatic N) is 4. The number of carbonyl (C=O) groups excluding carboxylic acids is 2. The number of hydrogen-bond donors (Lipinski definition) is 2. The third-order valence-electron chi connectivity index (χ3n) is 8.49. The molecule has 1 fully saturated rings. The van der Waals surface area contributed by atoms with E-state index in [0.29, 0.717) is 30.5 Å². The summed E-state index contributed by atoms with van der Waals surface area (Å²) in [6.45, 7) is 9.74. The molecule has 45 heavy (non-hydrogen) atoms. The van der Waals surface area contributed by atoms with Crippen LogP contribution in [0.5, 0.6) is 0 Å². The van der Waals surface area contributed by atoms with Crippen molar-refractivity contribution in [1.29, 1.82) is 0 Å². The third kappa shape index (κ3) is 6.90. The number of likely N-dealkylation sites (tertiary alicyclic amines) is 1. The fraction of sp³-hybridized carbons (Fsp3) is 0.297. The lowest BCUT2D eigenvalue weighted by molar-refractivity contribution is 0.0685. The summed E-state index contributed by atoms with van der Waals surface area (Å²) in [4.78, 5) is 33.1. The Bertz CT molecular complexity index is 1830. The number of anilines is 2. The molecule has 1 saturated heterocycles. The number of rotatable bonds is 6. The van der Waals surface area contributed by atoms with E-state index >= 15 is 0 Å². The van der Waals surface area contributed by atoms with Gasteiger partial charge in [0.1, 0.15) is 11.5 Å². The van der Waals surface area contributed by atoms with E-state index < -0.39 is 0 Å². The minimum atomic E-state index is -0.320. The molecule has 0 bridgehead atoms. The minimum Gasteiger partial charge on any atom is -0.337 e. The first-order valence-corrected chi connectivity index (χ1v) is 15.6. The monoisotopic (exact) mass is 600 g/mol. The predicted octanol–water partition coefficient (Wildman–Crippen LogP) is 7.77. The van der Waals surface area contributed by atoms with Crippen LogP contribution in [0.25, 0.3) is 16.6 Å². The van der Waals surface area contributed by atoms with Gasteiger partial charge in [0.15, 0.2) is 0 Å². The van der Waals surface area contributed by atoms with Crippen molar-refractivity contribution in [3.63, 3.8) is 0 Å². The standard InChI is InChI=1S/C37H40N6O2/c1-25-13-16-29(17-14-25)43-34(24-33(41-43)37(2,3)4)40-36(45)39-31-12-8-6-10-28(31)23-26-19-21-42(22-20-26)35(44)32-18-15-27-9-5-7-11-30(27)38-32/h5-18,24,26H,19-23H2,1-4H3,(H2,39,40,45). The highest BCUT2D eigenvalue weighted by molar-refractivity contribution is 6.00. The van der Waals surface area contributed by atoms with Crippen molar-refractivity contribution in [2.24, 2.45) is 5.92 Å². The van der Waals surface area contributed by atoms with Crippen molar-refractivity contribution >= 4 is 34.3 Å². The number of urea groups is 1. The summed E-state index contributed by atoms with van der Waals surface area (Å²) in [5.41, 5.74) is 5.94. The second-order valence-corrected chi connectivity index (χ2v) is 13.0. The van der Waals surface area contributed by atoms with E-state index in [1.54, 1.807) is 4.68 Å². The van der Waals surface area contributed by atoms with Gasteiger partial charge in [0.05, 0.1) is 16.9 Å². The van der Waals surface area contributed by atoms with E-state index in [-0.39, 0.29) is 17.4 Å². The molecule has 0 saturated carbocycles. The number of aromatic nitrogens is 3. The largest absolute Gasteiger partial charge is 0.337 e. The molecule has 5 aromatic rings. The Morgan fingerprint density at radius 2 is 1.58 bits per heavy atom. The Kier molecular flexibility index (Phi) is 8.39. The van der Waals surface area contributed by atoms with Crippen LogP contribution in [0, 0.1) is 12.8 Å². The van der Waals surface area contributed by atoms with Crippen LogP contribution in [-0.2, 0) is 11.8 Å². The second-order valence-electron chi connectivity index (χ2n) is 13.0. The number of benzene rings is 3. The molecule has 230 valence electrons. The number of fused-ring (bicyclic) bond motifs is 1. The lowest BCUT2D eigenvalue weighted by Gasteiger charge is -2.32. The van der Waals surface area contributed by atoms with Gasteiger partial charge in [0.2, 0.25) is 0 Å². The number of piperidine rings is 1. The van der Waals surface area contributed by atoms with E-state index in [0.717, 1.165) is 58.4 Å². The molecule has 2 N–H and O–H groups in total. The number of amides is 3. The van der Waals surface area contributed by atoms with Crippen molar-refractivity contribution in [2.45, 2.75) is 52.4 Å². The molecule has 0 spiro atoms. The van der Waals surface area contributed by atoms with Crippen molar-refractivity contribution < 1.29 is 9.59 Å². The average Bonchev–Trinajstić information content (AvgIpc) is 3.46. The van der Waals surface area contributed by atoms with Crippen molar-refractivity contribution in [3.05, 3.63) is 114 Å². The summed E-state index contributed by atoms with van der Waals surface area (Å²) in [5, 5.41) is 12.0. The quantitative estimate of drug-likeness (QED) is 0.208. The van der Waals surface area contributed by atoms with Crippen LogP contribution in [0.1, 0.15) is 60.9 Å². The van der Waals surface area contributed by atoms with Gasteiger partial charge in [-0.15, -0.1) is 0 Å². The summed E-state index contributed by atoms with van der Waals surface area (Å²) in [5.74, 6) is 0.996. The van der Waals surface area contributed by atoms with Crippen LogP contribution >= 0.6 is 0 Å². The highest BCUT2D eigenvalue weighted by Gasteiger charge is 2.26. The van der Waals surface area contributed by atoms with Gasteiger partial charge in [-0.25, -0.2) is 14.5 Å². The van der Waals surface area contributed by atoms with Crippen LogP contribution in [0.2, 0.25) is 0 Å². The van der Waals surface area contributed by atoms with E-state index in [1.165, 1.54) is 0 Å². The Balaban J connectivity index is 1.10. The predicted molar refractivity (Wildman–Crippen MR) is 180 cm³/mol. The molecule has 3 amide bonds. The molecule has 8 heteroatoms. The van der Waals surface area contributed by atoms with Crippen molar-refractivity contribution in [3.8, 4) is 5.69 Å². The van der Waals surface area contributed by atoms with Gasteiger partial charge in [-0.2, -0.15) is 5.10 Å². The highest BCUT2D eigenvalue weighted by Crippen LogP contribution is 2.29. The Morgan fingerprint density at radius 1 is 0.867 bits per heavy atom. The van der Waals surface area contributed by atoms with Crippen molar-refractivity contribution in [1.82, 2.24) is 19.7 Å². The zero-order valence-corrected chi connectivity index (χ0v) is 26.4. The van der Waals surface area contributed by atoms with Gasteiger partial charge in [-0.1, -0.05) is 80.9 Å². The summed E-state index contributed by atoms with van der Waals surface area (Å²) >= 11 is 0. The Morgan fingerprint density at radius 3 is 2.33 bits per heavy atom. The van der Waals surface area contributed by atoms with Gasteiger partial charge >= 0.3 is 6.03 Å². The number of aryl methyl sites for hydroxylation is 1. The molecule has 8 nitrogen and oxygen atoms in total. The van der Waals surface area contributed by atoms with Gasteiger partial charge in [0, 0.05) is 35.6 Å². The van der Waals surface area contributed by atoms with Gasteiger partial charge in [0.25, 0.3) is 5.91 Å². The lowest BCUT2D eigenvalue weighted by atomic mass is 9.89. The molecule has 0 aliphatic carbocycles. The van der Waals surface area contributed by atoms with E-state index in [4.69, 9.17) is 5.10 Å². The molecule has 3 aromatic carbocycles. The van der Waals surface area contributed by atoms with Crippen LogP contribution in [-0.4, -0.2) is 44.7 Å². The fourth-order valence-corrected chi connectivity index (χ4v) is 5.81. The van der Waals surface area contributed by atoms with Crippen LogP contribution in [0.4, 0.5) is 16.3 Å². The third-order valence-corrected chi connectivity index (χ3v) is 8.49. The molecule has 6 rings (SSSR count). The Hall–Kier alpha value is -4.98. The topological polar surface area (TPSA) is 92.2 Å². The van der Waals surface area contributed by atoms with Crippen LogP contribution in [0.3, 0.4) is 0 Å². The normalized spacial score (nSPS) is 14.0. The zero-order chi connectivity index (χ0) is 31.6. The molecule has 2 aromatic heterocycles. The number of pyridine rings is 1. The summed E-state index contributed by atoms with van der Waals surface area (Å²) in [6.07, 6.45) is 2.61. The molecular weight excluding hydrogens is 560 g/mol. The summed E-state index contributed by atoms with van der Waals surface area (Å²) < 4.78 is 1.79. The first-order chi connectivity index (χ1) is 21.6. The number of para-hydroxylation sites is 2. The number of carbonyl (C=O) groups is 2. The summed E-state index contributed by atoms with van der Waals surface area (Å²) in [7, 11) is 0. The van der Waals surface area contributed by atoms with Crippen LogP contribution in [0.15, 0.2) is 91.0 Å². The van der Waals surface area contributed by atoms with Crippen molar-refractivity contribution in [2.75, 3.05) is 23.7 Å². The Labute approximate surface area is 264 Å². The number of nitrogens with one attached hydrogen (secondary N) is 2. The number of hydrogen-bond acceptors (Lipinski definition) is 4. The molecule has 0 atom stereocenters. The minimum absolute atomic E-state index is 0.0163. The molecule has 3 heterocycles. The molecule has 0 radical (unpaired) electrons. The zero-order valence-electron chi connectivity index (χ0n) is 26.4. The summed E-state index contributed by atoms with van der Waals surface area (Å²) in [6, 6.07) is 29.3. The molecule has 1 aliphatic heterocycles. The van der Waals surface area contributed by atoms with Gasteiger partial charge < -0.3 is 10.2 Å². The van der Waals surface area contributed by atoms with Gasteiger partial charge in [-0.05, 0) is 68.0 Å². The van der Waals surface area contributed by atoms with E-state index in [1.807, 2.05) is 96.8 Å². The van der Waals surface area contributed by atoms with E-state index in [9.17, 15) is 9.59 Å². The van der Waals surface area contributed by atoms with Crippen LogP contribution < -0.4 is 10.6 Å². The smallest absolute Gasteiger partial charge is 0.324 e. The maximum atomic E-state index is 13.3. The first kappa shape index (κ1) is 30.1. The second kappa shape index (κ2) is 12.6. The highest BCUT2D eigenvalue weighted by atomic mass is 16.2. The molecular formula is C37H40N6O2.